The van der Waals surface area contributed by atoms with E-state index in [-0.39, 0.29) is 0 Å². The number of rotatable bonds is 5. The van der Waals surface area contributed by atoms with E-state index < -0.39 is 0 Å². The molecule has 0 aliphatic rings. The molecule has 19 heavy (non-hydrogen) atoms. The van der Waals surface area contributed by atoms with Crippen molar-refractivity contribution < 1.29 is 14.0 Å². The molecule has 0 N–H and O–H groups in total. The van der Waals surface area contributed by atoms with Crippen molar-refractivity contribution in [2.45, 2.75) is 19.8 Å². The first-order valence-corrected chi connectivity index (χ1v) is 6.87. The highest BCUT2D eigenvalue weighted by atomic mass is 79.9. The lowest BCUT2D eigenvalue weighted by Gasteiger charge is -2.12. The molecule has 1 aromatic carbocycles. The van der Waals surface area contributed by atoms with Gasteiger partial charge in [-0.05, 0) is 34.5 Å². The van der Waals surface area contributed by atoms with E-state index in [1.807, 2.05) is 18.2 Å². The number of hydrogen-bond donors (Lipinski definition) is 0. The molecule has 0 unspecified atom stereocenters. The van der Waals surface area contributed by atoms with Crippen molar-refractivity contribution in [2.24, 2.45) is 0 Å². The molecule has 0 aliphatic heterocycles. The third-order valence-corrected chi connectivity index (χ3v) is 3.43. The van der Waals surface area contributed by atoms with Crippen LogP contribution in [0.15, 0.2) is 27.2 Å². The summed E-state index contributed by atoms with van der Waals surface area (Å²) in [5.41, 5.74) is 1.61. The second-order valence-corrected chi connectivity index (χ2v) is 4.94. The zero-order valence-electron chi connectivity index (χ0n) is 11.2. The predicted octanol–water partition coefficient (Wildman–Crippen LogP) is 4.07. The Labute approximate surface area is 120 Å². The first-order valence-electron chi connectivity index (χ1n) is 6.07. The van der Waals surface area contributed by atoms with Gasteiger partial charge in [-0.3, -0.25) is 0 Å². The van der Waals surface area contributed by atoms with E-state index >= 15 is 0 Å². The van der Waals surface area contributed by atoms with Crippen molar-refractivity contribution in [3.63, 3.8) is 0 Å². The molecule has 0 fully saturated rings. The van der Waals surface area contributed by atoms with E-state index in [1.165, 1.54) is 0 Å². The van der Waals surface area contributed by atoms with Crippen LogP contribution in [0.25, 0.3) is 11.3 Å². The van der Waals surface area contributed by atoms with E-state index in [0.29, 0.717) is 11.5 Å². The minimum absolute atomic E-state index is 0.647. The van der Waals surface area contributed by atoms with Crippen LogP contribution in [0.5, 0.6) is 11.5 Å². The van der Waals surface area contributed by atoms with Gasteiger partial charge in [0.15, 0.2) is 11.5 Å². The molecule has 0 spiro atoms. The molecule has 0 amide bonds. The zero-order chi connectivity index (χ0) is 13.8. The number of benzene rings is 1. The summed E-state index contributed by atoms with van der Waals surface area (Å²) in [6.45, 7) is 2.10. The summed E-state index contributed by atoms with van der Waals surface area (Å²) < 4.78 is 16.9. The van der Waals surface area contributed by atoms with Gasteiger partial charge in [0, 0.05) is 18.1 Å². The Balaban J connectivity index is 2.48. The number of ether oxygens (including phenoxy) is 2. The number of hydrogen-bond acceptors (Lipinski definition) is 4. The molecule has 102 valence electrons. The molecule has 0 radical (unpaired) electrons. The summed E-state index contributed by atoms with van der Waals surface area (Å²) in [7, 11) is 3.22. The Hall–Kier alpha value is -1.49. The molecule has 0 saturated carbocycles. The van der Waals surface area contributed by atoms with Crippen molar-refractivity contribution in [3.05, 3.63) is 28.4 Å². The van der Waals surface area contributed by atoms with Crippen LogP contribution >= 0.6 is 15.9 Å². The smallest absolute Gasteiger partial charge is 0.175 e. The molecule has 4 nitrogen and oxygen atoms in total. The maximum atomic E-state index is 5.44. The van der Waals surface area contributed by atoms with Crippen LogP contribution in [0.4, 0.5) is 0 Å². The maximum absolute atomic E-state index is 5.44. The molecule has 5 heteroatoms. The fourth-order valence-corrected chi connectivity index (χ4v) is 2.41. The maximum Gasteiger partial charge on any atom is 0.175 e. The molecule has 0 bridgehead atoms. The Kier molecular flexibility index (Phi) is 4.47. The number of aryl methyl sites for hydroxylation is 1. The van der Waals surface area contributed by atoms with Crippen molar-refractivity contribution in [3.8, 4) is 22.8 Å². The van der Waals surface area contributed by atoms with Crippen LogP contribution in [0, 0.1) is 0 Å². The fraction of sp³-hybridized carbons (Fsp3) is 0.357. The first-order chi connectivity index (χ1) is 9.21. The average molecular weight is 326 g/mol. The molecule has 1 aromatic heterocycles. The predicted molar refractivity (Wildman–Crippen MR) is 76.7 cm³/mol. The van der Waals surface area contributed by atoms with Gasteiger partial charge in [0.25, 0.3) is 0 Å². The minimum atomic E-state index is 0.647. The quantitative estimate of drug-likeness (QED) is 0.831. The highest BCUT2D eigenvalue weighted by Gasteiger charge is 2.17. The molecular formula is C14H16BrNO3. The summed E-state index contributed by atoms with van der Waals surface area (Å²) in [6, 6.07) is 5.78. The van der Waals surface area contributed by atoms with Gasteiger partial charge in [0.1, 0.15) is 11.5 Å². The van der Waals surface area contributed by atoms with E-state index in [0.717, 1.165) is 34.3 Å². The van der Waals surface area contributed by atoms with Crippen LogP contribution in [-0.2, 0) is 6.42 Å². The third kappa shape index (κ3) is 2.76. The van der Waals surface area contributed by atoms with Crippen LogP contribution < -0.4 is 9.47 Å². The van der Waals surface area contributed by atoms with Crippen LogP contribution in [0.1, 0.15) is 19.1 Å². The summed E-state index contributed by atoms with van der Waals surface area (Å²) in [4.78, 5) is 0. The largest absolute Gasteiger partial charge is 0.492 e. The van der Waals surface area contributed by atoms with Gasteiger partial charge >= 0.3 is 0 Å². The SMILES string of the molecule is CCCc1cc(-c2ccc(Br)c(OC)c2OC)no1. The number of nitrogens with zero attached hydrogens (tertiary/aromatic N) is 1. The Morgan fingerprint density at radius 3 is 2.58 bits per heavy atom. The molecule has 2 rings (SSSR count). The Bertz CT molecular complexity index is 566. The summed E-state index contributed by atoms with van der Waals surface area (Å²) in [5, 5.41) is 4.09. The molecule has 0 atom stereocenters. The highest BCUT2D eigenvalue weighted by molar-refractivity contribution is 9.10. The monoisotopic (exact) mass is 325 g/mol. The van der Waals surface area contributed by atoms with Gasteiger partial charge < -0.3 is 14.0 Å². The van der Waals surface area contributed by atoms with Gasteiger partial charge in [-0.1, -0.05) is 12.1 Å². The van der Waals surface area contributed by atoms with Crippen molar-refractivity contribution in [2.75, 3.05) is 14.2 Å². The van der Waals surface area contributed by atoms with Crippen molar-refractivity contribution in [1.82, 2.24) is 5.16 Å². The number of aromatic nitrogens is 1. The lowest BCUT2D eigenvalue weighted by Crippen LogP contribution is -1.94. The van der Waals surface area contributed by atoms with E-state index in [1.54, 1.807) is 14.2 Å². The van der Waals surface area contributed by atoms with Gasteiger partial charge in [-0.25, -0.2) is 0 Å². The van der Waals surface area contributed by atoms with Gasteiger partial charge in [0.05, 0.1) is 18.7 Å². The standard InChI is InChI=1S/C14H16BrNO3/c1-4-5-9-8-12(16-19-9)10-6-7-11(15)14(18-3)13(10)17-2/h6-8H,4-5H2,1-3H3. The summed E-state index contributed by atoms with van der Waals surface area (Å²) in [5.74, 6) is 2.18. The van der Waals surface area contributed by atoms with Crippen molar-refractivity contribution in [1.29, 1.82) is 0 Å². The van der Waals surface area contributed by atoms with Crippen LogP contribution in [-0.4, -0.2) is 19.4 Å². The zero-order valence-corrected chi connectivity index (χ0v) is 12.8. The van der Waals surface area contributed by atoms with Crippen molar-refractivity contribution >= 4 is 15.9 Å². The highest BCUT2D eigenvalue weighted by Crippen LogP contribution is 2.42. The summed E-state index contributed by atoms with van der Waals surface area (Å²) in [6.07, 6.45) is 1.90. The normalized spacial score (nSPS) is 10.5. The second-order valence-electron chi connectivity index (χ2n) is 4.09. The Morgan fingerprint density at radius 1 is 1.21 bits per heavy atom. The lowest BCUT2D eigenvalue weighted by atomic mass is 10.1. The third-order valence-electron chi connectivity index (χ3n) is 2.80. The number of methoxy groups -OCH3 is 2. The summed E-state index contributed by atoms with van der Waals surface area (Å²) >= 11 is 3.44. The van der Waals surface area contributed by atoms with E-state index in [4.69, 9.17) is 14.0 Å². The van der Waals surface area contributed by atoms with Gasteiger partial charge in [0.2, 0.25) is 0 Å². The number of halogens is 1. The first kappa shape index (κ1) is 13.9. The van der Waals surface area contributed by atoms with Crippen LogP contribution in [0.2, 0.25) is 0 Å². The molecule has 2 aromatic rings. The van der Waals surface area contributed by atoms with Gasteiger partial charge in [-0.2, -0.15) is 0 Å². The average Bonchev–Trinajstić information content (AvgIpc) is 2.87. The molecular weight excluding hydrogens is 310 g/mol. The minimum Gasteiger partial charge on any atom is -0.492 e. The molecule has 0 saturated heterocycles. The van der Waals surface area contributed by atoms with E-state index in [9.17, 15) is 0 Å². The lowest BCUT2D eigenvalue weighted by molar-refractivity contribution is 0.353. The molecule has 1 heterocycles. The van der Waals surface area contributed by atoms with E-state index in [2.05, 4.69) is 28.0 Å². The molecule has 0 aliphatic carbocycles. The fourth-order valence-electron chi connectivity index (χ4n) is 1.94. The Morgan fingerprint density at radius 2 is 1.95 bits per heavy atom. The topological polar surface area (TPSA) is 44.5 Å². The van der Waals surface area contributed by atoms with Gasteiger partial charge in [-0.15, -0.1) is 0 Å². The van der Waals surface area contributed by atoms with Crippen LogP contribution in [0.3, 0.4) is 0 Å². The second kappa shape index (κ2) is 6.10.